The van der Waals surface area contributed by atoms with Crippen molar-refractivity contribution in [2.45, 2.75) is 0 Å². The molecular formula is C23H24N4O2. The van der Waals surface area contributed by atoms with Gasteiger partial charge in [-0.25, -0.2) is 4.98 Å². The number of piperazine rings is 1. The Morgan fingerprint density at radius 1 is 1.03 bits per heavy atom. The van der Waals surface area contributed by atoms with E-state index >= 15 is 0 Å². The molecule has 0 bridgehead atoms. The van der Waals surface area contributed by atoms with E-state index in [0.717, 1.165) is 36.0 Å². The van der Waals surface area contributed by atoms with Gasteiger partial charge in [-0.15, -0.1) is 0 Å². The van der Waals surface area contributed by atoms with Crippen LogP contribution in [0.15, 0.2) is 73.1 Å². The minimum Gasteiger partial charge on any atom is -0.497 e. The van der Waals surface area contributed by atoms with Crippen LogP contribution in [0.5, 0.6) is 5.75 Å². The third-order valence-corrected chi connectivity index (χ3v) is 5.04. The summed E-state index contributed by atoms with van der Waals surface area (Å²) >= 11 is 0. The largest absolute Gasteiger partial charge is 0.497 e. The van der Waals surface area contributed by atoms with E-state index in [1.807, 2.05) is 71.8 Å². The molecule has 1 saturated heterocycles. The first-order chi connectivity index (χ1) is 14.2. The fourth-order valence-electron chi connectivity index (χ4n) is 3.46. The monoisotopic (exact) mass is 388 g/mol. The van der Waals surface area contributed by atoms with Crippen LogP contribution < -0.4 is 9.64 Å². The molecule has 6 heteroatoms. The first-order valence-corrected chi connectivity index (χ1v) is 9.69. The van der Waals surface area contributed by atoms with E-state index in [9.17, 15) is 4.79 Å². The summed E-state index contributed by atoms with van der Waals surface area (Å²) in [7, 11) is 1.66. The highest BCUT2D eigenvalue weighted by Crippen LogP contribution is 2.23. The highest BCUT2D eigenvalue weighted by Gasteiger charge is 2.22. The molecule has 0 atom stereocenters. The maximum absolute atomic E-state index is 12.5. The molecule has 1 amide bonds. The van der Waals surface area contributed by atoms with Gasteiger partial charge in [0.15, 0.2) is 0 Å². The number of hydrogen-bond acceptors (Lipinski definition) is 4. The number of carbonyl (C=O) groups excluding carboxylic acids is 1. The van der Waals surface area contributed by atoms with Crippen molar-refractivity contribution in [3.63, 3.8) is 0 Å². The number of amides is 1. The smallest absolute Gasteiger partial charge is 0.246 e. The van der Waals surface area contributed by atoms with Gasteiger partial charge in [0, 0.05) is 50.7 Å². The van der Waals surface area contributed by atoms with Crippen molar-refractivity contribution >= 4 is 17.9 Å². The molecule has 2 aromatic carbocycles. The van der Waals surface area contributed by atoms with E-state index in [1.54, 1.807) is 19.4 Å². The zero-order valence-electron chi connectivity index (χ0n) is 16.4. The second kappa shape index (κ2) is 8.65. The third-order valence-electron chi connectivity index (χ3n) is 5.04. The summed E-state index contributed by atoms with van der Waals surface area (Å²) < 4.78 is 7.39. The van der Waals surface area contributed by atoms with Crippen LogP contribution in [0.3, 0.4) is 0 Å². The van der Waals surface area contributed by atoms with E-state index in [2.05, 4.69) is 14.5 Å². The van der Waals surface area contributed by atoms with Crippen LogP contribution in [-0.2, 0) is 4.79 Å². The number of imidazole rings is 1. The van der Waals surface area contributed by atoms with E-state index in [-0.39, 0.29) is 5.91 Å². The molecule has 1 aliphatic heterocycles. The van der Waals surface area contributed by atoms with E-state index in [1.165, 1.54) is 0 Å². The fourth-order valence-corrected chi connectivity index (χ4v) is 3.46. The van der Waals surface area contributed by atoms with Crippen LogP contribution in [-0.4, -0.2) is 53.6 Å². The molecule has 4 rings (SSSR count). The van der Waals surface area contributed by atoms with Crippen LogP contribution in [0.4, 0.5) is 5.95 Å². The van der Waals surface area contributed by atoms with Gasteiger partial charge >= 0.3 is 0 Å². The summed E-state index contributed by atoms with van der Waals surface area (Å²) in [5, 5.41) is 0. The van der Waals surface area contributed by atoms with Crippen molar-refractivity contribution in [3.8, 4) is 11.4 Å². The lowest BCUT2D eigenvalue weighted by molar-refractivity contribution is -0.126. The Hall–Kier alpha value is -3.54. The highest BCUT2D eigenvalue weighted by molar-refractivity contribution is 5.91. The van der Waals surface area contributed by atoms with Crippen molar-refractivity contribution in [2.75, 3.05) is 38.2 Å². The van der Waals surface area contributed by atoms with Gasteiger partial charge in [0.05, 0.1) is 12.8 Å². The van der Waals surface area contributed by atoms with E-state index in [0.29, 0.717) is 13.1 Å². The van der Waals surface area contributed by atoms with Gasteiger partial charge in [-0.05, 0) is 23.8 Å². The molecular weight excluding hydrogens is 364 g/mol. The number of rotatable bonds is 5. The average molecular weight is 388 g/mol. The van der Waals surface area contributed by atoms with Crippen LogP contribution >= 0.6 is 0 Å². The van der Waals surface area contributed by atoms with Crippen molar-refractivity contribution in [1.82, 2.24) is 14.5 Å². The predicted molar refractivity (Wildman–Crippen MR) is 114 cm³/mol. The van der Waals surface area contributed by atoms with Gasteiger partial charge < -0.3 is 14.5 Å². The van der Waals surface area contributed by atoms with Crippen LogP contribution in [0, 0.1) is 0 Å². The molecule has 2 heterocycles. The average Bonchev–Trinajstić information content (AvgIpc) is 3.28. The van der Waals surface area contributed by atoms with Crippen LogP contribution in [0.1, 0.15) is 5.56 Å². The fraction of sp³-hybridized carbons (Fsp3) is 0.217. The molecule has 1 aliphatic rings. The number of ether oxygens (including phenoxy) is 1. The number of benzene rings is 2. The SMILES string of the molecule is COc1cccc(-n2ccnc2N2CCN(C(=O)/C=C\c3ccccc3)CC2)c1. The molecule has 6 nitrogen and oxygen atoms in total. The Morgan fingerprint density at radius 3 is 2.59 bits per heavy atom. The van der Waals surface area contributed by atoms with Crippen LogP contribution in [0.2, 0.25) is 0 Å². The highest BCUT2D eigenvalue weighted by atomic mass is 16.5. The summed E-state index contributed by atoms with van der Waals surface area (Å²) in [6.45, 7) is 2.82. The van der Waals surface area contributed by atoms with Crippen molar-refractivity contribution < 1.29 is 9.53 Å². The van der Waals surface area contributed by atoms with E-state index < -0.39 is 0 Å². The summed E-state index contributed by atoms with van der Waals surface area (Å²) in [5.41, 5.74) is 2.03. The standard InChI is InChI=1S/C23H24N4O2/c1-29-21-9-5-8-20(18-21)27-13-12-24-23(27)26-16-14-25(15-17-26)22(28)11-10-19-6-3-2-4-7-19/h2-13,18H,14-17H2,1H3/b11-10-. The minimum absolute atomic E-state index is 0.0460. The maximum atomic E-state index is 12.5. The minimum atomic E-state index is 0.0460. The Labute approximate surface area is 170 Å². The molecule has 1 fully saturated rings. The number of hydrogen-bond donors (Lipinski definition) is 0. The molecule has 0 unspecified atom stereocenters. The predicted octanol–water partition coefficient (Wildman–Crippen LogP) is 3.24. The van der Waals surface area contributed by atoms with Gasteiger partial charge in [-0.3, -0.25) is 9.36 Å². The van der Waals surface area contributed by atoms with Crippen molar-refractivity contribution in [1.29, 1.82) is 0 Å². The van der Waals surface area contributed by atoms with Crippen LogP contribution in [0.25, 0.3) is 11.8 Å². The Bertz CT molecular complexity index is 989. The lowest BCUT2D eigenvalue weighted by atomic mass is 10.2. The van der Waals surface area contributed by atoms with E-state index in [4.69, 9.17) is 4.74 Å². The molecule has 0 aliphatic carbocycles. The summed E-state index contributed by atoms with van der Waals surface area (Å²) in [5.74, 6) is 1.73. The number of carbonyl (C=O) groups is 1. The van der Waals surface area contributed by atoms with Gasteiger partial charge in [-0.2, -0.15) is 0 Å². The first kappa shape index (κ1) is 18.8. The summed E-state index contributed by atoms with van der Waals surface area (Å²) in [6.07, 6.45) is 7.27. The molecule has 0 radical (unpaired) electrons. The first-order valence-electron chi connectivity index (χ1n) is 9.69. The quantitative estimate of drug-likeness (QED) is 0.630. The third kappa shape index (κ3) is 4.32. The molecule has 148 valence electrons. The lowest BCUT2D eigenvalue weighted by Crippen LogP contribution is -2.49. The van der Waals surface area contributed by atoms with Crippen molar-refractivity contribution in [2.24, 2.45) is 0 Å². The second-order valence-corrected chi connectivity index (χ2v) is 6.86. The second-order valence-electron chi connectivity index (χ2n) is 6.86. The van der Waals surface area contributed by atoms with Gasteiger partial charge in [0.25, 0.3) is 0 Å². The summed E-state index contributed by atoms with van der Waals surface area (Å²) in [6, 6.07) is 17.8. The number of aromatic nitrogens is 2. The zero-order valence-corrected chi connectivity index (χ0v) is 16.4. The van der Waals surface area contributed by atoms with Gasteiger partial charge in [0.1, 0.15) is 5.75 Å². The Kier molecular flexibility index (Phi) is 5.61. The summed E-state index contributed by atoms with van der Waals surface area (Å²) in [4.78, 5) is 21.2. The van der Waals surface area contributed by atoms with Crippen molar-refractivity contribution in [3.05, 3.63) is 78.6 Å². The molecule has 1 aromatic heterocycles. The number of nitrogens with zero attached hydrogens (tertiary/aromatic N) is 4. The normalized spacial score (nSPS) is 14.4. The number of methoxy groups -OCH3 is 1. The molecule has 0 saturated carbocycles. The lowest BCUT2D eigenvalue weighted by Gasteiger charge is -2.35. The maximum Gasteiger partial charge on any atom is 0.246 e. The van der Waals surface area contributed by atoms with Gasteiger partial charge in [0.2, 0.25) is 11.9 Å². The Morgan fingerprint density at radius 2 is 1.83 bits per heavy atom. The topological polar surface area (TPSA) is 50.6 Å². The zero-order chi connectivity index (χ0) is 20.1. The molecule has 29 heavy (non-hydrogen) atoms. The Balaban J connectivity index is 1.41. The molecule has 3 aromatic rings. The van der Waals surface area contributed by atoms with Gasteiger partial charge in [-0.1, -0.05) is 36.4 Å². The number of anilines is 1. The molecule has 0 N–H and O–H groups in total. The molecule has 0 spiro atoms.